The monoisotopic (exact) mass is 449 g/mol. The number of nitrogens with one attached hydrogen (secondary N) is 3. The predicted octanol–water partition coefficient (Wildman–Crippen LogP) is 2.14. The summed E-state index contributed by atoms with van der Waals surface area (Å²) in [4.78, 5) is 53.4. The number of rotatable bonds is 7. The molecule has 170 valence electrons. The number of carbonyl (C=O) groups is 3. The average Bonchev–Trinajstić information content (AvgIpc) is 3.44. The quantitative estimate of drug-likeness (QED) is 0.475. The van der Waals surface area contributed by atoms with E-state index in [0.717, 1.165) is 11.3 Å². The Hall–Kier alpha value is -4.21. The molecule has 10 heteroatoms. The van der Waals surface area contributed by atoms with Gasteiger partial charge in [0.1, 0.15) is 0 Å². The Morgan fingerprint density at radius 2 is 1.85 bits per heavy atom. The van der Waals surface area contributed by atoms with E-state index in [9.17, 15) is 19.2 Å². The fourth-order valence-corrected chi connectivity index (χ4v) is 3.47. The standard InChI is InChI=1S/C23H23N5O5/c1-14(22(31)24-16-7-8-18-19(13-16)26-23(32)25-18)33-21(30)10-9-20(29)28-12-11-17(27-28)15-5-3-2-4-6-15/h2-8,13-14H,9-12H2,1H3,(H,24,31)(H2,25,26,32)/t14-/m0/s1. The minimum absolute atomic E-state index is 0.0593. The smallest absolute Gasteiger partial charge is 0.323 e. The fourth-order valence-electron chi connectivity index (χ4n) is 3.47. The van der Waals surface area contributed by atoms with Crippen LogP contribution in [0.3, 0.4) is 0 Å². The van der Waals surface area contributed by atoms with Crippen molar-refractivity contribution in [3.63, 3.8) is 0 Å². The number of carbonyl (C=O) groups excluding carboxylic acids is 3. The van der Waals surface area contributed by atoms with E-state index < -0.39 is 18.0 Å². The first-order chi connectivity index (χ1) is 15.9. The van der Waals surface area contributed by atoms with E-state index in [2.05, 4.69) is 20.4 Å². The van der Waals surface area contributed by atoms with Crippen LogP contribution in [0.2, 0.25) is 0 Å². The third kappa shape index (κ3) is 5.35. The molecule has 0 unspecified atom stereocenters. The lowest BCUT2D eigenvalue weighted by Crippen LogP contribution is -2.30. The predicted molar refractivity (Wildman–Crippen MR) is 122 cm³/mol. The zero-order valence-corrected chi connectivity index (χ0v) is 18.0. The minimum atomic E-state index is -1.05. The van der Waals surface area contributed by atoms with Crippen molar-refractivity contribution in [2.45, 2.75) is 32.3 Å². The van der Waals surface area contributed by atoms with Gasteiger partial charge in [-0.1, -0.05) is 30.3 Å². The zero-order valence-electron chi connectivity index (χ0n) is 18.0. The number of ether oxygens (including phenoxy) is 1. The maximum atomic E-state index is 12.4. The summed E-state index contributed by atoms with van der Waals surface area (Å²) in [5.41, 5.74) is 3.05. The molecule has 1 aliphatic heterocycles. The largest absolute Gasteiger partial charge is 0.453 e. The van der Waals surface area contributed by atoms with Crippen LogP contribution >= 0.6 is 0 Å². The molecule has 2 amide bonds. The van der Waals surface area contributed by atoms with Crippen molar-refractivity contribution in [2.24, 2.45) is 5.10 Å². The van der Waals surface area contributed by atoms with Crippen LogP contribution < -0.4 is 11.0 Å². The SMILES string of the molecule is C[C@H](OC(=O)CCC(=O)N1CCC(c2ccccc2)=N1)C(=O)Nc1ccc2[nH]c(=O)[nH]c2c1. The number of hydrogen-bond acceptors (Lipinski definition) is 6. The van der Waals surface area contributed by atoms with E-state index in [1.165, 1.54) is 11.9 Å². The highest BCUT2D eigenvalue weighted by Crippen LogP contribution is 2.16. The number of fused-ring (bicyclic) bond motifs is 1. The topological polar surface area (TPSA) is 137 Å². The van der Waals surface area contributed by atoms with Gasteiger partial charge >= 0.3 is 11.7 Å². The van der Waals surface area contributed by atoms with Gasteiger partial charge in [-0.3, -0.25) is 14.4 Å². The van der Waals surface area contributed by atoms with Gasteiger partial charge in [-0.2, -0.15) is 5.10 Å². The van der Waals surface area contributed by atoms with E-state index in [0.29, 0.717) is 29.7 Å². The Balaban J connectivity index is 1.25. The molecule has 0 radical (unpaired) electrons. The Labute approximate surface area is 188 Å². The summed E-state index contributed by atoms with van der Waals surface area (Å²) in [6.45, 7) is 1.91. The molecule has 0 spiro atoms. The summed E-state index contributed by atoms with van der Waals surface area (Å²) in [7, 11) is 0. The summed E-state index contributed by atoms with van der Waals surface area (Å²) in [6, 6.07) is 14.5. The highest BCUT2D eigenvalue weighted by atomic mass is 16.5. The summed E-state index contributed by atoms with van der Waals surface area (Å²) in [5.74, 6) is -1.45. The zero-order chi connectivity index (χ0) is 23.4. The van der Waals surface area contributed by atoms with Crippen molar-refractivity contribution in [2.75, 3.05) is 11.9 Å². The first-order valence-electron chi connectivity index (χ1n) is 10.5. The van der Waals surface area contributed by atoms with Crippen LogP contribution in [-0.2, 0) is 19.1 Å². The highest BCUT2D eigenvalue weighted by molar-refractivity contribution is 6.02. The first-order valence-corrected chi connectivity index (χ1v) is 10.5. The fraction of sp³-hybridized carbons (Fsp3) is 0.261. The number of aromatic nitrogens is 2. The van der Waals surface area contributed by atoms with Crippen LogP contribution in [0, 0.1) is 0 Å². The van der Waals surface area contributed by atoms with E-state index in [1.54, 1.807) is 18.2 Å². The molecule has 0 bridgehead atoms. The minimum Gasteiger partial charge on any atom is -0.453 e. The van der Waals surface area contributed by atoms with Gasteiger partial charge in [0.2, 0.25) is 5.91 Å². The van der Waals surface area contributed by atoms with Gasteiger partial charge in [0, 0.05) is 18.5 Å². The number of anilines is 1. The molecule has 0 aliphatic carbocycles. The Morgan fingerprint density at radius 3 is 2.64 bits per heavy atom. The summed E-state index contributed by atoms with van der Waals surface area (Å²) in [6.07, 6.45) is -0.612. The maximum absolute atomic E-state index is 12.4. The summed E-state index contributed by atoms with van der Waals surface area (Å²) < 4.78 is 5.16. The van der Waals surface area contributed by atoms with Gasteiger partial charge in [0.25, 0.3) is 5.91 Å². The van der Waals surface area contributed by atoms with E-state index in [-0.39, 0.29) is 24.4 Å². The van der Waals surface area contributed by atoms with Crippen LogP contribution in [0.25, 0.3) is 11.0 Å². The van der Waals surface area contributed by atoms with E-state index in [1.807, 2.05) is 30.3 Å². The normalized spacial score (nSPS) is 14.1. The molecule has 0 saturated carbocycles. The summed E-state index contributed by atoms with van der Waals surface area (Å²) >= 11 is 0. The third-order valence-corrected chi connectivity index (χ3v) is 5.20. The Bertz CT molecular complexity index is 1280. The Morgan fingerprint density at radius 1 is 1.09 bits per heavy atom. The van der Waals surface area contributed by atoms with Crippen molar-refractivity contribution in [1.82, 2.24) is 15.0 Å². The van der Waals surface area contributed by atoms with Gasteiger partial charge in [-0.05, 0) is 30.7 Å². The van der Waals surface area contributed by atoms with Crippen LogP contribution in [0.15, 0.2) is 58.4 Å². The molecule has 1 atom stereocenters. The molecule has 3 N–H and O–H groups in total. The molecular formula is C23H23N5O5. The second-order valence-electron chi connectivity index (χ2n) is 7.64. The average molecular weight is 449 g/mol. The summed E-state index contributed by atoms with van der Waals surface area (Å²) in [5, 5.41) is 8.36. The van der Waals surface area contributed by atoms with Gasteiger partial charge in [0.05, 0.1) is 29.7 Å². The Kier molecular flexibility index (Phi) is 6.34. The highest BCUT2D eigenvalue weighted by Gasteiger charge is 2.23. The molecule has 33 heavy (non-hydrogen) atoms. The first kappa shape index (κ1) is 22.0. The van der Waals surface area contributed by atoms with E-state index >= 15 is 0 Å². The molecule has 0 saturated heterocycles. The number of nitrogens with zero attached hydrogens (tertiary/aromatic N) is 2. The lowest BCUT2D eigenvalue weighted by atomic mass is 10.1. The molecule has 2 heterocycles. The number of esters is 1. The molecule has 1 aliphatic rings. The van der Waals surface area contributed by atoms with Crippen molar-refractivity contribution >= 4 is 40.2 Å². The van der Waals surface area contributed by atoms with Crippen molar-refractivity contribution in [1.29, 1.82) is 0 Å². The van der Waals surface area contributed by atoms with Gasteiger partial charge in [-0.15, -0.1) is 0 Å². The second kappa shape index (κ2) is 9.51. The van der Waals surface area contributed by atoms with E-state index in [4.69, 9.17) is 4.74 Å². The number of aromatic amines is 2. The van der Waals surface area contributed by atoms with Crippen LogP contribution in [0.1, 0.15) is 31.7 Å². The van der Waals surface area contributed by atoms with Crippen LogP contribution in [-0.4, -0.2) is 51.1 Å². The molecule has 3 aromatic rings. The van der Waals surface area contributed by atoms with Gasteiger partial charge < -0.3 is 20.0 Å². The van der Waals surface area contributed by atoms with Gasteiger partial charge in [-0.25, -0.2) is 9.80 Å². The molecule has 10 nitrogen and oxygen atoms in total. The van der Waals surface area contributed by atoms with Crippen molar-refractivity contribution in [3.8, 4) is 0 Å². The third-order valence-electron chi connectivity index (χ3n) is 5.20. The molecule has 4 rings (SSSR count). The molecule has 0 fully saturated rings. The molecular weight excluding hydrogens is 426 g/mol. The van der Waals surface area contributed by atoms with Crippen LogP contribution in [0.4, 0.5) is 5.69 Å². The number of benzene rings is 2. The number of hydrazone groups is 1. The van der Waals surface area contributed by atoms with Crippen molar-refractivity contribution in [3.05, 3.63) is 64.6 Å². The van der Waals surface area contributed by atoms with Crippen molar-refractivity contribution < 1.29 is 19.1 Å². The molecule has 1 aromatic heterocycles. The lowest BCUT2D eigenvalue weighted by Gasteiger charge is -2.14. The number of H-pyrrole nitrogens is 2. The maximum Gasteiger partial charge on any atom is 0.323 e. The molecule has 2 aromatic carbocycles. The number of imidazole rings is 1. The lowest BCUT2D eigenvalue weighted by molar-refractivity contribution is -0.154. The number of hydrogen-bond donors (Lipinski definition) is 3. The van der Waals surface area contributed by atoms with Crippen LogP contribution in [0.5, 0.6) is 0 Å². The second-order valence-corrected chi connectivity index (χ2v) is 7.64. The van der Waals surface area contributed by atoms with Gasteiger partial charge in [0.15, 0.2) is 6.10 Å². The number of amides is 2.